The maximum atomic E-state index is 5.06. The summed E-state index contributed by atoms with van der Waals surface area (Å²) in [4.78, 5) is 0. The molecule has 0 aliphatic carbocycles. The Balaban J connectivity index is 3.22. The molecule has 0 heterocycles. The first-order valence-corrected chi connectivity index (χ1v) is 5.89. The maximum Gasteiger partial charge on any atom is 0.246 e. The molecule has 2 heteroatoms. The van der Waals surface area contributed by atoms with Crippen molar-refractivity contribution in [2.45, 2.75) is 46.1 Å². The van der Waals surface area contributed by atoms with E-state index in [0.29, 0.717) is 18.4 Å². The number of rotatable bonds is 4. The van der Waals surface area contributed by atoms with E-state index in [0.717, 1.165) is 0 Å². The van der Waals surface area contributed by atoms with Crippen molar-refractivity contribution in [2.24, 2.45) is 0 Å². The average molecular weight is 219 g/mol. The van der Waals surface area contributed by atoms with Crippen molar-refractivity contribution >= 4 is 10.5 Å². The zero-order chi connectivity index (χ0) is 11.4. The van der Waals surface area contributed by atoms with E-state index >= 15 is 0 Å². The summed E-state index contributed by atoms with van der Waals surface area (Å²) in [6, 6.07) is 6.47. The maximum absolute atomic E-state index is 5.06. The molecule has 0 unspecified atom stereocenters. The van der Waals surface area contributed by atoms with Crippen molar-refractivity contribution in [1.29, 1.82) is 0 Å². The van der Waals surface area contributed by atoms with Crippen molar-refractivity contribution in [1.82, 2.24) is 0 Å². The van der Waals surface area contributed by atoms with E-state index in [-0.39, 0.29) is 0 Å². The Hall–Kier alpha value is -0.603. The second-order valence-corrected chi connectivity index (χ2v) is 4.81. The summed E-state index contributed by atoms with van der Waals surface area (Å²) in [6.07, 6.45) is 0. The highest BCUT2D eigenvalue weighted by Gasteiger charge is 2.13. The van der Waals surface area contributed by atoms with Gasteiger partial charge in [-0.05, 0) is 28.5 Å². The van der Waals surface area contributed by atoms with Crippen molar-refractivity contribution < 1.29 is 4.43 Å². The van der Waals surface area contributed by atoms with Gasteiger partial charge >= 0.3 is 0 Å². The molecule has 15 heavy (non-hydrogen) atoms. The van der Waals surface area contributed by atoms with E-state index in [1.807, 2.05) is 0 Å². The quantitative estimate of drug-likeness (QED) is 0.704. The van der Waals surface area contributed by atoms with Crippen LogP contribution in [0.4, 0.5) is 0 Å². The third-order valence-corrected chi connectivity index (χ3v) is 2.80. The minimum absolute atomic E-state index is 0.542. The highest BCUT2D eigenvalue weighted by Crippen LogP contribution is 2.29. The van der Waals surface area contributed by atoms with E-state index in [1.54, 1.807) is 0 Å². The second-order valence-electron chi connectivity index (χ2n) is 4.52. The van der Waals surface area contributed by atoms with Gasteiger partial charge in [0.2, 0.25) is 10.5 Å². The Labute approximate surface area is 96.4 Å². The molecule has 0 saturated heterocycles. The van der Waals surface area contributed by atoms with E-state index in [2.05, 4.69) is 56.4 Å². The average Bonchev–Trinajstić information content (AvgIpc) is 2.17. The van der Waals surface area contributed by atoms with Gasteiger partial charge in [0.15, 0.2) is 0 Å². The van der Waals surface area contributed by atoms with Crippen LogP contribution in [0.25, 0.3) is 0 Å². The molecule has 1 aromatic rings. The van der Waals surface area contributed by atoms with Crippen LogP contribution in [0.1, 0.15) is 56.2 Å². The van der Waals surface area contributed by atoms with Crippen molar-refractivity contribution in [3.63, 3.8) is 0 Å². The van der Waals surface area contributed by atoms with Gasteiger partial charge in [-0.2, -0.15) is 0 Å². The molecule has 0 amide bonds. The van der Waals surface area contributed by atoms with Gasteiger partial charge in [0.25, 0.3) is 0 Å². The molecule has 0 bridgehead atoms. The fourth-order valence-electron chi connectivity index (χ4n) is 2.04. The van der Waals surface area contributed by atoms with Crippen LogP contribution >= 0.6 is 0 Å². The Bertz CT molecular complexity index is 318. The highest BCUT2D eigenvalue weighted by molar-refractivity contribution is 5.97. The molecule has 0 aliphatic rings. The van der Waals surface area contributed by atoms with Crippen LogP contribution in [0, 0.1) is 0 Å². The van der Waals surface area contributed by atoms with Crippen LogP contribution in [-0.2, 0) is 11.0 Å². The molecule has 0 aromatic heterocycles. The van der Waals surface area contributed by atoms with Crippen LogP contribution in [0.3, 0.4) is 0 Å². The minimum Gasteiger partial charge on any atom is -0.414 e. The lowest BCUT2D eigenvalue weighted by Crippen LogP contribution is -2.04. The fraction of sp³-hybridized carbons (Fsp3) is 0.538. The van der Waals surface area contributed by atoms with Crippen LogP contribution < -0.4 is 0 Å². The Morgan fingerprint density at radius 1 is 1.13 bits per heavy atom. The lowest BCUT2D eigenvalue weighted by Gasteiger charge is -2.19. The lowest BCUT2D eigenvalue weighted by molar-refractivity contribution is 0.336. The van der Waals surface area contributed by atoms with E-state index in [9.17, 15) is 0 Å². The number of hydrogen-bond acceptors (Lipinski definition) is 1. The van der Waals surface area contributed by atoms with Crippen LogP contribution in [0.5, 0.6) is 0 Å². The Kier molecular flexibility index (Phi) is 4.55. The summed E-state index contributed by atoms with van der Waals surface area (Å²) in [5.41, 5.74) is 4.16. The lowest BCUT2D eigenvalue weighted by atomic mass is 9.87. The summed E-state index contributed by atoms with van der Waals surface area (Å²) >= 11 is 0. The molecule has 0 aliphatic heterocycles. The second kappa shape index (κ2) is 5.47. The standard InChI is InChI=1S/C13H19OSi/c1-9(2)12-7-5-6-11(8-14-15)13(12)10(3)4/h5-7,9-10H,8H2,1-4H3. The molecule has 1 aromatic carbocycles. The zero-order valence-electron chi connectivity index (χ0n) is 10.0. The first-order valence-electron chi connectivity index (χ1n) is 5.48. The van der Waals surface area contributed by atoms with Crippen LogP contribution in [-0.4, -0.2) is 10.5 Å². The first kappa shape index (κ1) is 12.5. The Morgan fingerprint density at radius 3 is 2.27 bits per heavy atom. The Morgan fingerprint density at radius 2 is 1.80 bits per heavy atom. The minimum atomic E-state index is 0.542. The van der Waals surface area contributed by atoms with E-state index < -0.39 is 0 Å². The predicted octanol–water partition coefficient (Wildman–Crippen LogP) is 3.53. The molecule has 0 fully saturated rings. The van der Waals surface area contributed by atoms with E-state index in [1.165, 1.54) is 16.7 Å². The normalized spacial score (nSPS) is 11.4. The smallest absolute Gasteiger partial charge is 0.246 e. The third-order valence-electron chi connectivity index (χ3n) is 2.66. The van der Waals surface area contributed by atoms with Gasteiger partial charge in [0, 0.05) is 0 Å². The van der Waals surface area contributed by atoms with Gasteiger partial charge in [-0.15, -0.1) is 0 Å². The molecular formula is C13H19OSi. The zero-order valence-corrected chi connectivity index (χ0v) is 11.0. The summed E-state index contributed by atoms with van der Waals surface area (Å²) in [7, 11) is 3.08. The van der Waals surface area contributed by atoms with Gasteiger partial charge in [-0.25, -0.2) is 0 Å². The van der Waals surface area contributed by atoms with E-state index in [4.69, 9.17) is 4.43 Å². The summed E-state index contributed by atoms with van der Waals surface area (Å²) in [6.45, 7) is 9.57. The van der Waals surface area contributed by atoms with Gasteiger partial charge in [0.05, 0.1) is 6.61 Å². The van der Waals surface area contributed by atoms with Crippen LogP contribution in [0.15, 0.2) is 18.2 Å². The molecule has 1 nitrogen and oxygen atoms in total. The summed E-state index contributed by atoms with van der Waals surface area (Å²) < 4.78 is 5.06. The molecule has 3 radical (unpaired) electrons. The van der Waals surface area contributed by atoms with Crippen molar-refractivity contribution in [3.8, 4) is 0 Å². The fourth-order valence-corrected chi connectivity index (χ4v) is 2.20. The molecule has 0 N–H and O–H groups in total. The topological polar surface area (TPSA) is 9.23 Å². The van der Waals surface area contributed by atoms with Gasteiger partial charge in [-0.3, -0.25) is 0 Å². The highest BCUT2D eigenvalue weighted by atomic mass is 28.2. The van der Waals surface area contributed by atoms with Crippen molar-refractivity contribution in [2.75, 3.05) is 0 Å². The molecule has 0 spiro atoms. The van der Waals surface area contributed by atoms with Gasteiger partial charge < -0.3 is 4.43 Å². The number of benzene rings is 1. The third kappa shape index (κ3) is 2.92. The number of hydrogen-bond donors (Lipinski definition) is 0. The molecule has 1 rings (SSSR count). The predicted molar refractivity (Wildman–Crippen MR) is 65.2 cm³/mol. The van der Waals surface area contributed by atoms with Gasteiger partial charge in [-0.1, -0.05) is 45.9 Å². The molecule has 81 valence electrons. The monoisotopic (exact) mass is 219 g/mol. The van der Waals surface area contributed by atoms with Crippen LogP contribution in [0.2, 0.25) is 0 Å². The molecule has 0 atom stereocenters. The molecular weight excluding hydrogens is 200 g/mol. The largest absolute Gasteiger partial charge is 0.414 e. The summed E-state index contributed by atoms with van der Waals surface area (Å²) in [5, 5.41) is 0. The first-order chi connectivity index (χ1) is 7.07. The SMILES string of the molecule is CC(C)c1cccc(CO[Si])c1C(C)C. The summed E-state index contributed by atoms with van der Waals surface area (Å²) in [5.74, 6) is 1.11. The molecule has 0 saturated carbocycles. The van der Waals surface area contributed by atoms with Gasteiger partial charge in [0.1, 0.15) is 0 Å². The van der Waals surface area contributed by atoms with Crippen molar-refractivity contribution in [3.05, 3.63) is 34.9 Å².